The topological polar surface area (TPSA) is 80.2 Å². The molecule has 1 unspecified atom stereocenters. The number of halogens is 5. The van der Waals surface area contributed by atoms with Gasteiger partial charge in [-0.3, -0.25) is 14.4 Å². The van der Waals surface area contributed by atoms with Crippen LogP contribution in [0.2, 0.25) is 0 Å². The molecule has 0 saturated heterocycles. The van der Waals surface area contributed by atoms with E-state index < -0.39 is 41.5 Å². The summed E-state index contributed by atoms with van der Waals surface area (Å²) in [6, 6.07) is 0.462. The molecular weight excluding hydrogens is 413 g/mol. The molecular formula is C19H18F5N3O3. The van der Waals surface area contributed by atoms with Crippen molar-refractivity contribution in [1.82, 2.24) is 9.88 Å². The monoisotopic (exact) mass is 431 g/mol. The van der Waals surface area contributed by atoms with Gasteiger partial charge in [0.1, 0.15) is 6.04 Å². The molecule has 30 heavy (non-hydrogen) atoms. The molecule has 0 bridgehead atoms. The minimum absolute atomic E-state index is 0.0257. The summed E-state index contributed by atoms with van der Waals surface area (Å²) >= 11 is 0. The molecule has 2 rings (SSSR count). The summed E-state index contributed by atoms with van der Waals surface area (Å²) < 4.78 is 65.5. The molecule has 0 spiro atoms. The van der Waals surface area contributed by atoms with Gasteiger partial charge in [0.25, 0.3) is 17.6 Å². The second kappa shape index (κ2) is 8.25. The maximum Gasteiger partial charge on any atom is 0.408 e. The molecule has 0 radical (unpaired) electrons. The number of rotatable bonds is 5. The predicted octanol–water partition coefficient (Wildman–Crippen LogP) is 3.42. The van der Waals surface area contributed by atoms with E-state index in [9.17, 15) is 36.3 Å². The molecule has 11 heteroatoms. The van der Waals surface area contributed by atoms with Gasteiger partial charge in [-0.2, -0.15) is 13.2 Å². The summed E-state index contributed by atoms with van der Waals surface area (Å²) in [4.78, 5) is 37.1. The summed E-state index contributed by atoms with van der Waals surface area (Å²) in [5.74, 6) is -5.78. The van der Waals surface area contributed by atoms with Gasteiger partial charge in [-0.15, -0.1) is 0 Å². The molecule has 6 nitrogen and oxygen atoms in total. The lowest BCUT2D eigenvalue weighted by molar-refractivity contribution is -0.156. The molecule has 1 aromatic carbocycles. The number of ketones is 1. The molecule has 1 aromatic heterocycles. The van der Waals surface area contributed by atoms with Crippen molar-refractivity contribution in [2.75, 3.05) is 5.32 Å². The summed E-state index contributed by atoms with van der Waals surface area (Å²) in [6.45, 7) is 3.50. The molecule has 1 heterocycles. The summed E-state index contributed by atoms with van der Waals surface area (Å²) in [6.07, 6.45) is -4.73. The first-order valence-electron chi connectivity index (χ1n) is 8.59. The number of amides is 2. The Kier molecular flexibility index (Phi) is 6.33. The van der Waals surface area contributed by atoms with E-state index in [0.717, 1.165) is 18.2 Å². The fraction of sp³-hybridized carbons (Fsp3) is 0.316. The molecule has 2 N–H and O–H groups in total. The Labute approximate surface area is 168 Å². The van der Waals surface area contributed by atoms with Crippen LogP contribution < -0.4 is 10.6 Å². The van der Waals surface area contributed by atoms with Crippen molar-refractivity contribution in [2.45, 2.75) is 33.0 Å². The average molecular weight is 431 g/mol. The van der Waals surface area contributed by atoms with Crippen molar-refractivity contribution in [3.63, 3.8) is 0 Å². The first-order valence-corrected chi connectivity index (χ1v) is 8.59. The van der Waals surface area contributed by atoms with Gasteiger partial charge in [0, 0.05) is 24.5 Å². The predicted molar refractivity (Wildman–Crippen MR) is 97.2 cm³/mol. The molecule has 0 aliphatic rings. The molecule has 0 saturated carbocycles. The quantitative estimate of drug-likeness (QED) is 0.433. The Morgan fingerprint density at radius 3 is 2.20 bits per heavy atom. The highest BCUT2D eigenvalue weighted by Gasteiger charge is 2.39. The lowest BCUT2D eigenvalue weighted by Gasteiger charge is -2.16. The third kappa shape index (κ3) is 4.50. The van der Waals surface area contributed by atoms with E-state index in [0.29, 0.717) is 6.92 Å². The van der Waals surface area contributed by atoms with Crippen molar-refractivity contribution in [2.24, 2.45) is 7.05 Å². The zero-order chi connectivity index (χ0) is 23.0. The zero-order valence-corrected chi connectivity index (χ0v) is 16.4. The maximum absolute atomic E-state index is 13.3. The minimum atomic E-state index is -4.73. The summed E-state index contributed by atoms with van der Waals surface area (Å²) in [5.41, 5.74) is -0.0502. The highest BCUT2D eigenvalue weighted by atomic mass is 19.4. The largest absolute Gasteiger partial charge is 0.408 e. The van der Waals surface area contributed by atoms with E-state index in [2.05, 4.69) is 5.32 Å². The first-order chi connectivity index (χ1) is 13.8. The summed E-state index contributed by atoms with van der Waals surface area (Å²) in [7, 11) is 1.37. The number of aromatic nitrogens is 1. The van der Waals surface area contributed by atoms with Crippen LogP contribution in [-0.4, -0.2) is 34.4 Å². The van der Waals surface area contributed by atoms with E-state index in [4.69, 9.17) is 0 Å². The SMILES string of the molecule is Cc1c(C(=O)Nc2ccc(F)c(F)c2)c(C)n(C)c1C(=O)C(=O)NC(C)C(F)(F)F. The number of hydrogen-bond donors (Lipinski definition) is 2. The van der Waals surface area contributed by atoms with Gasteiger partial charge in [-0.1, -0.05) is 0 Å². The number of nitrogens with zero attached hydrogens (tertiary/aromatic N) is 1. The van der Waals surface area contributed by atoms with Crippen LogP contribution in [0.4, 0.5) is 27.6 Å². The average Bonchev–Trinajstić information content (AvgIpc) is 2.85. The number of carbonyl (C=O) groups is 3. The number of hydrogen-bond acceptors (Lipinski definition) is 3. The van der Waals surface area contributed by atoms with Crippen LogP contribution in [0.15, 0.2) is 18.2 Å². The lowest BCUT2D eigenvalue weighted by Crippen LogP contribution is -2.46. The fourth-order valence-electron chi connectivity index (χ4n) is 2.85. The van der Waals surface area contributed by atoms with Crippen LogP contribution in [0.3, 0.4) is 0 Å². The zero-order valence-electron chi connectivity index (χ0n) is 16.4. The van der Waals surface area contributed by atoms with E-state index in [1.807, 2.05) is 0 Å². The van der Waals surface area contributed by atoms with Crippen LogP contribution in [0.5, 0.6) is 0 Å². The number of carbonyl (C=O) groups excluding carboxylic acids is 3. The van der Waals surface area contributed by atoms with Gasteiger partial charge in [-0.05, 0) is 38.5 Å². The fourth-order valence-corrected chi connectivity index (χ4v) is 2.85. The summed E-state index contributed by atoms with van der Waals surface area (Å²) in [5, 5.41) is 3.93. The third-order valence-corrected chi connectivity index (χ3v) is 4.59. The standard InChI is InChI=1S/C19H18F5N3O3/c1-8-14(17(29)26-11-5-6-12(20)13(21)7-11)9(2)27(4)15(8)16(28)18(30)25-10(3)19(22,23)24/h5-7,10H,1-4H3,(H,25,30)(H,26,29). The number of Topliss-reactive ketones (excluding diaryl/α,β-unsaturated/α-hetero) is 1. The second-order valence-corrected chi connectivity index (χ2v) is 6.64. The van der Waals surface area contributed by atoms with Gasteiger partial charge >= 0.3 is 6.18 Å². The number of anilines is 1. The number of nitrogens with one attached hydrogen (secondary N) is 2. The Bertz CT molecular complexity index is 1030. The third-order valence-electron chi connectivity index (χ3n) is 4.59. The molecule has 2 amide bonds. The number of benzene rings is 1. The van der Waals surface area contributed by atoms with Crippen LogP contribution in [-0.2, 0) is 11.8 Å². The van der Waals surface area contributed by atoms with E-state index in [1.165, 1.54) is 25.5 Å². The smallest absolute Gasteiger partial charge is 0.344 e. The Hall–Kier alpha value is -3.24. The van der Waals surface area contributed by atoms with E-state index >= 15 is 0 Å². The van der Waals surface area contributed by atoms with Gasteiger partial charge in [0.05, 0.1) is 11.3 Å². The van der Waals surface area contributed by atoms with Crippen molar-refractivity contribution in [3.8, 4) is 0 Å². The van der Waals surface area contributed by atoms with Gasteiger partial charge < -0.3 is 15.2 Å². The van der Waals surface area contributed by atoms with Crippen molar-refractivity contribution in [1.29, 1.82) is 0 Å². The first kappa shape index (κ1) is 23.0. The normalized spacial score (nSPS) is 12.4. The van der Waals surface area contributed by atoms with Gasteiger partial charge in [-0.25, -0.2) is 8.78 Å². The van der Waals surface area contributed by atoms with Crippen LogP contribution in [0.1, 0.15) is 39.0 Å². The molecule has 0 aliphatic carbocycles. The maximum atomic E-state index is 13.3. The molecule has 1 atom stereocenters. The number of alkyl halides is 3. The van der Waals surface area contributed by atoms with Crippen LogP contribution in [0.25, 0.3) is 0 Å². The second-order valence-electron chi connectivity index (χ2n) is 6.64. The van der Waals surface area contributed by atoms with E-state index in [1.54, 1.807) is 5.32 Å². The van der Waals surface area contributed by atoms with Crippen LogP contribution in [0, 0.1) is 25.5 Å². The molecule has 2 aromatic rings. The molecule has 0 aliphatic heterocycles. The minimum Gasteiger partial charge on any atom is -0.344 e. The Morgan fingerprint density at radius 2 is 1.67 bits per heavy atom. The highest BCUT2D eigenvalue weighted by Crippen LogP contribution is 2.24. The van der Waals surface area contributed by atoms with Crippen LogP contribution >= 0.6 is 0 Å². The Morgan fingerprint density at radius 1 is 1.07 bits per heavy atom. The van der Waals surface area contributed by atoms with Gasteiger partial charge in [0.2, 0.25) is 0 Å². The van der Waals surface area contributed by atoms with E-state index in [-0.39, 0.29) is 28.2 Å². The highest BCUT2D eigenvalue weighted by molar-refractivity contribution is 6.43. The van der Waals surface area contributed by atoms with Crippen molar-refractivity contribution in [3.05, 3.63) is 52.3 Å². The van der Waals surface area contributed by atoms with Crippen molar-refractivity contribution < 1.29 is 36.3 Å². The lowest BCUT2D eigenvalue weighted by atomic mass is 10.1. The van der Waals surface area contributed by atoms with Gasteiger partial charge in [0.15, 0.2) is 11.6 Å². The molecule has 0 fully saturated rings. The molecule has 162 valence electrons. The Balaban J connectivity index is 2.33. The van der Waals surface area contributed by atoms with Crippen molar-refractivity contribution >= 4 is 23.3 Å².